The highest BCUT2D eigenvalue weighted by molar-refractivity contribution is 9.09. The normalized spacial score (nSPS) is 20.0. The molecule has 0 radical (unpaired) electrons. The van der Waals surface area contributed by atoms with Gasteiger partial charge in [0.25, 0.3) is 0 Å². The molecule has 204 valence electrons. The third-order valence-electron chi connectivity index (χ3n) is 6.58. The summed E-state index contributed by atoms with van der Waals surface area (Å²) in [5.74, 6) is -0.967. The van der Waals surface area contributed by atoms with Crippen molar-refractivity contribution in [3.05, 3.63) is 70.5 Å². The van der Waals surface area contributed by atoms with E-state index in [0.29, 0.717) is 22.9 Å². The minimum Gasteiger partial charge on any atom is -0.444 e. The summed E-state index contributed by atoms with van der Waals surface area (Å²) in [6.07, 6.45) is -5.84. The Labute approximate surface area is 225 Å². The van der Waals surface area contributed by atoms with Gasteiger partial charge in [-0.25, -0.2) is 9.18 Å². The highest BCUT2D eigenvalue weighted by Gasteiger charge is 2.48. The van der Waals surface area contributed by atoms with Crippen molar-refractivity contribution >= 4 is 33.8 Å². The lowest BCUT2D eigenvalue weighted by molar-refractivity contribution is -0.168. The number of hydrogen-bond acceptors (Lipinski definition) is 4. The maximum Gasteiger partial charge on any atom is 0.416 e. The number of benzene rings is 2. The van der Waals surface area contributed by atoms with Crippen molar-refractivity contribution < 1.29 is 36.7 Å². The Morgan fingerprint density at radius 3 is 2.47 bits per heavy atom. The summed E-state index contributed by atoms with van der Waals surface area (Å²) in [6.45, 7) is 1.35. The molecule has 0 aliphatic carbocycles. The van der Waals surface area contributed by atoms with Gasteiger partial charge in [-0.15, -0.1) is 0 Å². The van der Waals surface area contributed by atoms with E-state index >= 15 is 0 Å². The Balaban J connectivity index is 1.54. The van der Waals surface area contributed by atoms with Gasteiger partial charge in [-0.3, -0.25) is 14.5 Å². The molecule has 7 nitrogen and oxygen atoms in total. The van der Waals surface area contributed by atoms with E-state index in [1.807, 2.05) is 0 Å². The number of alkyl halides is 4. The molecule has 2 heterocycles. The average molecular weight is 600 g/mol. The summed E-state index contributed by atoms with van der Waals surface area (Å²) in [5, 5.41) is 0.434. The fraction of sp³-hybridized carbons (Fsp3) is 0.423. The number of nitrogens with zero attached hydrogens (tertiary/aromatic N) is 3. The highest BCUT2D eigenvalue weighted by Crippen LogP contribution is 2.32. The SMILES string of the molecule is Cc1cc(COC(=O)N2CCC(=O)N3[C@@H]2CN(Cc2ccc(F)cc2)C(=O)[C@@H]3CCBr)cc(C(F)(F)F)c1. The molecule has 0 saturated carbocycles. The van der Waals surface area contributed by atoms with Gasteiger partial charge in [-0.2, -0.15) is 13.2 Å². The monoisotopic (exact) mass is 599 g/mol. The van der Waals surface area contributed by atoms with Crippen LogP contribution in [0.15, 0.2) is 42.5 Å². The maximum atomic E-state index is 13.4. The Kier molecular flexibility index (Phi) is 8.29. The van der Waals surface area contributed by atoms with E-state index in [1.165, 1.54) is 39.8 Å². The summed E-state index contributed by atoms with van der Waals surface area (Å²) >= 11 is 3.33. The van der Waals surface area contributed by atoms with Gasteiger partial charge >= 0.3 is 12.3 Å². The molecule has 38 heavy (non-hydrogen) atoms. The minimum absolute atomic E-state index is 0.0124. The summed E-state index contributed by atoms with van der Waals surface area (Å²) in [6, 6.07) is 8.32. The fourth-order valence-electron chi connectivity index (χ4n) is 4.86. The van der Waals surface area contributed by atoms with E-state index in [2.05, 4.69) is 15.9 Å². The van der Waals surface area contributed by atoms with Crippen LogP contribution in [0.25, 0.3) is 0 Å². The molecule has 0 unspecified atom stereocenters. The molecule has 0 aromatic heterocycles. The first-order valence-corrected chi connectivity index (χ1v) is 13.1. The Hall–Kier alpha value is -3.15. The number of hydrogen-bond donors (Lipinski definition) is 0. The predicted octanol–water partition coefficient (Wildman–Crippen LogP) is 4.85. The maximum absolute atomic E-state index is 13.4. The van der Waals surface area contributed by atoms with Crippen LogP contribution in [0.5, 0.6) is 0 Å². The molecule has 2 aliphatic heterocycles. The molecule has 2 atom stereocenters. The standard InChI is InChI=1S/C26H26BrF4N3O4/c1-16-10-18(12-19(11-16)26(29,30)31)15-38-25(37)33-9-7-23(35)34-21(6-8-27)24(36)32(14-22(33)34)13-17-2-4-20(28)5-3-17/h2-5,10-12,21-22H,6-9,13-15H2,1H3/t21-,22+/m0/s1. The van der Waals surface area contributed by atoms with Crippen LogP contribution >= 0.6 is 15.9 Å². The van der Waals surface area contributed by atoms with Gasteiger partial charge in [0, 0.05) is 24.8 Å². The molecule has 2 aromatic carbocycles. The number of ether oxygens (including phenoxy) is 1. The molecular weight excluding hydrogens is 574 g/mol. The molecule has 2 aromatic rings. The Morgan fingerprint density at radius 1 is 1.11 bits per heavy atom. The smallest absolute Gasteiger partial charge is 0.416 e. The van der Waals surface area contributed by atoms with Crippen LogP contribution in [-0.4, -0.2) is 63.2 Å². The van der Waals surface area contributed by atoms with E-state index in [0.717, 1.165) is 12.1 Å². The molecule has 4 rings (SSSR count). The first-order chi connectivity index (χ1) is 18.0. The molecule has 2 aliphatic rings. The molecule has 0 N–H and O–H groups in total. The second kappa shape index (κ2) is 11.3. The van der Waals surface area contributed by atoms with E-state index in [4.69, 9.17) is 4.74 Å². The lowest BCUT2D eigenvalue weighted by Crippen LogP contribution is -2.71. The number of amides is 3. The van der Waals surface area contributed by atoms with Crippen LogP contribution in [0.3, 0.4) is 0 Å². The van der Waals surface area contributed by atoms with Crippen LogP contribution in [-0.2, 0) is 33.7 Å². The minimum atomic E-state index is -4.54. The van der Waals surface area contributed by atoms with Crippen molar-refractivity contribution in [3.8, 4) is 0 Å². The summed E-state index contributed by atoms with van der Waals surface area (Å²) in [7, 11) is 0. The van der Waals surface area contributed by atoms with Crippen LogP contribution in [0, 0.1) is 12.7 Å². The van der Waals surface area contributed by atoms with Crippen molar-refractivity contribution in [2.24, 2.45) is 0 Å². The fourth-order valence-corrected chi connectivity index (χ4v) is 5.30. The molecule has 12 heteroatoms. The van der Waals surface area contributed by atoms with Gasteiger partial charge < -0.3 is 14.5 Å². The number of aryl methyl sites for hydroxylation is 1. The van der Waals surface area contributed by atoms with E-state index in [9.17, 15) is 31.9 Å². The molecular formula is C26H26BrF4N3O4. The molecule has 3 amide bonds. The second-order valence-corrected chi connectivity index (χ2v) is 10.1. The largest absolute Gasteiger partial charge is 0.444 e. The summed E-state index contributed by atoms with van der Waals surface area (Å²) in [4.78, 5) is 43.6. The van der Waals surface area contributed by atoms with Gasteiger partial charge in [0.2, 0.25) is 11.8 Å². The number of carbonyl (C=O) groups is 3. The second-order valence-electron chi connectivity index (χ2n) is 9.32. The van der Waals surface area contributed by atoms with Crippen molar-refractivity contribution in [1.82, 2.24) is 14.7 Å². The van der Waals surface area contributed by atoms with Crippen LogP contribution in [0.2, 0.25) is 0 Å². The summed E-state index contributed by atoms with van der Waals surface area (Å²) in [5.41, 5.74) is 0.408. The lowest BCUT2D eigenvalue weighted by atomic mass is 10.0. The summed E-state index contributed by atoms with van der Waals surface area (Å²) < 4.78 is 58.3. The first kappa shape index (κ1) is 27.9. The van der Waals surface area contributed by atoms with Crippen LogP contribution in [0.1, 0.15) is 35.1 Å². The van der Waals surface area contributed by atoms with Crippen LogP contribution in [0.4, 0.5) is 22.4 Å². The topological polar surface area (TPSA) is 70.2 Å². The zero-order valence-corrected chi connectivity index (χ0v) is 22.1. The number of rotatable bonds is 6. The highest BCUT2D eigenvalue weighted by atomic mass is 79.9. The van der Waals surface area contributed by atoms with E-state index < -0.39 is 35.9 Å². The third kappa shape index (κ3) is 6.11. The number of carbonyl (C=O) groups excluding carboxylic acids is 3. The molecule has 0 bridgehead atoms. The van der Waals surface area contributed by atoms with Crippen molar-refractivity contribution in [3.63, 3.8) is 0 Å². The average Bonchev–Trinajstić information content (AvgIpc) is 2.85. The first-order valence-electron chi connectivity index (χ1n) is 12.0. The van der Waals surface area contributed by atoms with Crippen molar-refractivity contribution in [1.29, 1.82) is 0 Å². The third-order valence-corrected chi connectivity index (χ3v) is 7.04. The number of fused-ring (bicyclic) bond motifs is 1. The number of halogens is 5. The van der Waals surface area contributed by atoms with Gasteiger partial charge in [0.15, 0.2) is 0 Å². The molecule has 2 saturated heterocycles. The Morgan fingerprint density at radius 2 is 1.82 bits per heavy atom. The van der Waals surface area contributed by atoms with Gasteiger partial charge in [0.05, 0.1) is 12.1 Å². The van der Waals surface area contributed by atoms with Gasteiger partial charge in [0.1, 0.15) is 24.6 Å². The number of piperazine rings is 1. The zero-order valence-electron chi connectivity index (χ0n) is 20.5. The van der Waals surface area contributed by atoms with E-state index in [-0.39, 0.29) is 50.0 Å². The van der Waals surface area contributed by atoms with Crippen LogP contribution < -0.4 is 0 Å². The lowest BCUT2D eigenvalue weighted by Gasteiger charge is -2.51. The van der Waals surface area contributed by atoms with Gasteiger partial charge in [-0.1, -0.05) is 39.7 Å². The molecule has 2 fully saturated rings. The van der Waals surface area contributed by atoms with E-state index in [1.54, 1.807) is 12.1 Å². The van der Waals surface area contributed by atoms with Crippen molar-refractivity contribution in [2.45, 2.75) is 51.3 Å². The Bertz CT molecular complexity index is 1210. The van der Waals surface area contributed by atoms with Crippen molar-refractivity contribution in [2.75, 3.05) is 18.4 Å². The molecule has 0 spiro atoms. The van der Waals surface area contributed by atoms with Gasteiger partial charge in [-0.05, 0) is 48.7 Å². The predicted molar refractivity (Wildman–Crippen MR) is 132 cm³/mol. The quantitative estimate of drug-likeness (QED) is 0.352. The zero-order chi connectivity index (χ0) is 27.6.